The number of carbonyl (C=O) groups excluding carboxylic acids is 2. The number of nitrogens with one attached hydrogen (secondary N) is 1. The second kappa shape index (κ2) is 7.02. The van der Waals surface area contributed by atoms with Crippen LogP contribution >= 0.6 is 0 Å². The summed E-state index contributed by atoms with van der Waals surface area (Å²) in [5, 5.41) is 2.91. The Bertz CT molecular complexity index is 899. The highest BCUT2D eigenvalue weighted by atomic mass is 19.1. The van der Waals surface area contributed by atoms with E-state index in [2.05, 4.69) is 5.32 Å². The smallest absolute Gasteiger partial charge is 0.228 e. The van der Waals surface area contributed by atoms with E-state index in [1.165, 1.54) is 12.1 Å². The van der Waals surface area contributed by atoms with Crippen molar-refractivity contribution < 1.29 is 18.7 Å². The highest BCUT2D eigenvalue weighted by Gasteiger charge is 2.44. The van der Waals surface area contributed by atoms with Gasteiger partial charge in [-0.2, -0.15) is 0 Å². The molecule has 0 aromatic heterocycles. The second-order valence-electron chi connectivity index (χ2n) is 7.03. The zero-order valence-electron chi connectivity index (χ0n) is 15.1. The minimum Gasteiger partial charge on any atom is -0.494 e. The van der Waals surface area contributed by atoms with E-state index in [1.54, 1.807) is 36.3 Å². The summed E-state index contributed by atoms with van der Waals surface area (Å²) in [6.07, 6.45) is 2.10. The fraction of sp³-hybridized carbons (Fsp3) is 0.333. The number of halogens is 1. The summed E-state index contributed by atoms with van der Waals surface area (Å²) in [6, 6.07) is 11.7. The first-order valence-corrected chi connectivity index (χ1v) is 9.11. The Morgan fingerprint density at radius 2 is 2.11 bits per heavy atom. The van der Waals surface area contributed by atoms with E-state index < -0.39 is 0 Å². The van der Waals surface area contributed by atoms with Crippen LogP contribution in [0, 0.1) is 11.7 Å². The van der Waals surface area contributed by atoms with Crippen molar-refractivity contribution in [2.24, 2.45) is 5.92 Å². The third-order valence-electron chi connectivity index (χ3n) is 5.22. The summed E-state index contributed by atoms with van der Waals surface area (Å²) < 4.78 is 18.8. The van der Waals surface area contributed by atoms with Crippen LogP contribution in [0.3, 0.4) is 0 Å². The lowest BCUT2D eigenvalue weighted by atomic mass is 10.1. The monoisotopic (exact) mass is 368 g/mol. The first kappa shape index (κ1) is 17.5. The van der Waals surface area contributed by atoms with Gasteiger partial charge < -0.3 is 15.0 Å². The number of benzene rings is 2. The summed E-state index contributed by atoms with van der Waals surface area (Å²) in [4.78, 5) is 26.2. The molecule has 1 aliphatic carbocycles. The molecule has 0 bridgehead atoms. The third kappa shape index (κ3) is 3.52. The number of methoxy groups -OCH3 is 1. The van der Waals surface area contributed by atoms with Gasteiger partial charge in [0.05, 0.1) is 12.8 Å². The Morgan fingerprint density at radius 3 is 2.81 bits per heavy atom. The maximum absolute atomic E-state index is 13.4. The standard InChI is InChI=1S/C21H21FN2O3/c1-27-19-11-15(7-8-18(19)24-9-3-6-20(24)25)23-21(26)17-12-16(17)13-4-2-5-14(22)10-13/h2,4-5,7-8,10-11,16-17H,3,6,9,12H2,1H3,(H,23,26)/t16-,17-/m0/s1. The van der Waals surface area contributed by atoms with Crippen LogP contribution in [-0.4, -0.2) is 25.5 Å². The number of amides is 2. The molecular formula is C21H21FN2O3. The number of carbonyl (C=O) groups is 2. The molecule has 1 heterocycles. The van der Waals surface area contributed by atoms with Gasteiger partial charge in [0.25, 0.3) is 0 Å². The van der Waals surface area contributed by atoms with Crippen molar-refractivity contribution in [3.63, 3.8) is 0 Å². The van der Waals surface area contributed by atoms with Gasteiger partial charge >= 0.3 is 0 Å². The minimum absolute atomic E-state index is 0.0593. The van der Waals surface area contributed by atoms with Crippen LogP contribution in [0.1, 0.15) is 30.7 Å². The maximum atomic E-state index is 13.4. The minimum atomic E-state index is -0.282. The molecule has 0 radical (unpaired) electrons. The lowest BCUT2D eigenvalue weighted by molar-refractivity contribution is -0.118. The second-order valence-corrected chi connectivity index (χ2v) is 7.03. The Labute approximate surface area is 157 Å². The normalized spacial score (nSPS) is 21.3. The molecule has 0 spiro atoms. The molecule has 2 atom stereocenters. The average molecular weight is 368 g/mol. The van der Waals surface area contributed by atoms with Gasteiger partial charge in [0.2, 0.25) is 11.8 Å². The summed E-state index contributed by atoms with van der Waals surface area (Å²) in [6.45, 7) is 0.679. The highest BCUT2D eigenvalue weighted by Crippen LogP contribution is 2.48. The van der Waals surface area contributed by atoms with Crippen molar-refractivity contribution >= 4 is 23.2 Å². The van der Waals surface area contributed by atoms with Crippen LogP contribution in [0.25, 0.3) is 0 Å². The van der Waals surface area contributed by atoms with Crippen LogP contribution in [0.15, 0.2) is 42.5 Å². The molecular weight excluding hydrogens is 347 g/mol. The molecule has 1 saturated carbocycles. The van der Waals surface area contributed by atoms with E-state index in [0.717, 1.165) is 17.7 Å². The molecule has 2 aromatic carbocycles. The molecule has 5 nitrogen and oxygen atoms in total. The lowest BCUT2D eigenvalue weighted by Gasteiger charge is -2.19. The van der Waals surface area contributed by atoms with E-state index in [-0.39, 0.29) is 29.5 Å². The van der Waals surface area contributed by atoms with Crippen LogP contribution in [0.5, 0.6) is 5.75 Å². The number of hydrogen-bond acceptors (Lipinski definition) is 3. The van der Waals surface area contributed by atoms with E-state index in [9.17, 15) is 14.0 Å². The van der Waals surface area contributed by atoms with Crippen LogP contribution in [0.4, 0.5) is 15.8 Å². The molecule has 1 saturated heterocycles. The molecule has 1 aliphatic heterocycles. The molecule has 1 N–H and O–H groups in total. The lowest BCUT2D eigenvalue weighted by Crippen LogP contribution is -2.24. The summed E-state index contributed by atoms with van der Waals surface area (Å²) in [5.74, 6) is 0.176. The van der Waals surface area contributed by atoms with E-state index in [0.29, 0.717) is 30.8 Å². The Hall–Kier alpha value is -2.89. The van der Waals surface area contributed by atoms with Gasteiger partial charge in [0, 0.05) is 30.6 Å². The van der Waals surface area contributed by atoms with Crippen LogP contribution in [0.2, 0.25) is 0 Å². The van der Waals surface area contributed by atoms with Gasteiger partial charge in [-0.1, -0.05) is 12.1 Å². The van der Waals surface area contributed by atoms with Gasteiger partial charge in [-0.25, -0.2) is 4.39 Å². The first-order chi connectivity index (χ1) is 13.1. The summed E-state index contributed by atoms with van der Waals surface area (Å²) in [7, 11) is 1.55. The number of nitrogens with zero attached hydrogens (tertiary/aromatic N) is 1. The van der Waals surface area contributed by atoms with Gasteiger partial charge in [0.15, 0.2) is 0 Å². The molecule has 140 valence electrons. The Kier molecular flexibility index (Phi) is 4.56. The number of anilines is 2. The van der Waals surface area contributed by atoms with Crippen molar-refractivity contribution in [3.05, 3.63) is 53.8 Å². The molecule has 0 unspecified atom stereocenters. The molecule has 4 rings (SSSR count). The first-order valence-electron chi connectivity index (χ1n) is 9.11. The van der Waals surface area contributed by atoms with Crippen molar-refractivity contribution in [2.45, 2.75) is 25.2 Å². The Morgan fingerprint density at radius 1 is 1.26 bits per heavy atom. The van der Waals surface area contributed by atoms with Crippen LogP contribution < -0.4 is 15.0 Å². The number of ether oxygens (including phenoxy) is 1. The Balaban J connectivity index is 1.45. The van der Waals surface area contributed by atoms with Gasteiger partial charge in [-0.3, -0.25) is 9.59 Å². The molecule has 2 fully saturated rings. The number of rotatable bonds is 5. The van der Waals surface area contributed by atoms with E-state index in [1.807, 2.05) is 6.07 Å². The average Bonchev–Trinajstić information content (AvgIpc) is 3.36. The predicted octanol–water partition coefficient (Wildman–Crippen LogP) is 3.70. The SMILES string of the molecule is COc1cc(NC(=O)[C@H]2C[C@H]2c2cccc(F)c2)ccc1N1CCCC1=O. The third-order valence-corrected chi connectivity index (χ3v) is 5.22. The molecule has 6 heteroatoms. The summed E-state index contributed by atoms with van der Waals surface area (Å²) >= 11 is 0. The predicted molar refractivity (Wildman–Crippen MR) is 100 cm³/mol. The highest BCUT2D eigenvalue weighted by molar-refractivity contribution is 5.98. The van der Waals surface area contributed by atoms with E-state index in [4.69, 9.17) is 4.74 Å². The topological polar surface area (TPSA) is 58.6 Å². The number of hydrogen-bond donors (Lipinski definition) is 1. The fourth-order valence-electron chi connectivity index (χ4n) is 3.71. The van der Waals surface area contributed by atoms with Gasteiger partial charge in [-0.15, -0.1) is 0 Å². The molecule has 2 amide bonds. The van der Waals surface area contributed by atoms with E-state index >= 15 is 0 Å². The van der Waals surface area contributed by atoms with Crippen molar-refractivity contribution in [1.29, 1.82) is 0 Å². The van der Waals surface area contributed by atoms with Gasteiger partial charge in [-0.05, 0) is 48.6 Å². The van der Waals surface area contributed by atoms with Crippen molar-refractivity contribution in [3.8, 4) is 5.75 Å². The van der Waals surface area contributed by atoms with Gasteiger partial charge in [0.1, 0.15) is 11.6 Å². The molecule has 27 heavy (non-hydrogen) atoms. The maximum Gasteiger partial charge on any atom is 0.228 e. The van der Waals surface area contributed by atoms with Crippen molar-refractivity contribution in [2.75, 3.05) is 23.9 Å². The molecule has 2 aromatic rings. The summed E-state index contributed by atoms with van der Waals surface area (Å²) in [5.41, 5.74) is 2.20. The molecule has 2 aliphatic rings. The zero-order chi connectivity index (χ0) is 19.0. The zero-order valence-corrected chi connectivity index (χ0v) is 15.1. The van der Waals surface area contributed by atoms with Crippen molar-refractivity contribution in [1.82, 2.24) is 0 Å². The fourth-order valence-corrected chi connectivity index (χ4v) is 3.71. The van der Waals surface area contributed by atoms with Crippen LogP contribution in [-0.2, 0) is 9.59 Å². The largest absolute Gasteiger partial charge is 0.494 e. The quantitative estimate of drug-likeness (QED) is 0.875.